The SMILES string of the molecule is CC1CNCCN1c1cc2ccccc2nc1-c1ccc(F)cc1. The smallest absolute Gasteiger partial charge is 0.123 e. The van der Waals surface area contributed by atoms with E-state index in [2.05, 4.69) is 29.3 Å². The van der Waals surface area contributed by atoms with Gasteiger partial charge >= 0.3 is 0 Å². The molecule has 1 N–H and O–H groups in total. The number of fused-ring (bicyclic) bond motifs is 1. The van der Waals surface area contributed by atoms with Crippen molar-refractivity contribution in [1.82, 2.24) is 10.3 Å². The first kappa shape index (κ1) is 15.1. The van der Waals surface area contributed by atoms with Gasteiger partial charge < -0.3 is 10.2 Å². The average molecular weight is 321 g/mol. The van der Waals surface area contributed by atoms with Gasteiger partial charge in [-0.3, -0.25) is 0 Å². The molecule has 122 valence electrons. The van der Waals surface area contributed by atoms with E-state index in [0.29, 0.717) is 6.04 Å². The summed E-state index contributed by atoms with van der Waals surface area (Å²) in [5.41, 5.74) is 3.95. The Labute approximate surface area is 141 Å². The largest absolute Gasteiger partial charge is 0.364 e. The van der Waals surface area contributed by atoms with Gasteiger partial charge in [-0.2, -0.15) is 0 Å². The van der Waals surface area contributed by atoms with Crippen molar-refractivity contribution in [3.8, 4) is 11.3 Å². The molecule has 2 aromatic carbocycles. The van der Waals surface area contributed by atoms with Gasteiger partial charge in [0.1, 0.15) is 5.82 Å². The van der Waals surface area contributed by atoms with Crippen LogP contribution in [0.3, 0.4) is 0 Å². The molecule has 24 heavy (non-hydrogen) atoms. The lowest BCUT2D eigenvalue weighted by atomic mass is 10.0. The van der Waals surface area contributed by atoms with E-state index in [9.17, 15) is 4.39 Å². The van der Waals surface area contributed by atoms with Gasteiger partial charge in [0.2, 0.25) is 0 Å². The van der Waals surface area contributed by atoms with Gasteiger partial charge in [-0.15, -0.1) is 0 Å². The van der Waals surface area contributed by atoms with Crippen LogP contribution in [0, 0.1) is 5.82 Å². The predicted molar refractivity (Wildman–Crippen MR) is 96.8 cm³/mol. The molecule has 0 bridgehead atoms. The lowest BCUT2D eigenvalue weighted by Gasteiger charge is -2.37. The molecular formula is C20H20FN3. The van der Waals surface area contributed by atoms with Gasteiger partial charge in [-0.05, 0) is 43.3 Å². The molecule has 1 aliphatic rings. The van der Waals surface area contributed by atoms with Crippen molar-refractivity contribution in [2.45, 2.75) is 13.0 Å². The summed E-state index contributed by atoms with van der Waals surface area (Å²) in [7, 11) is 0. The highest BCUT2D eigenvalue weighted by molar-refractivity contribution is 5.89. The number of nitrogens with one attached hydrogen (secondary N) is 1. The van der Waals surface area contributed by atoms with E-state index >= 15 is 0 Å². The number of rotatable bonds is 2. The molecule has 2 heterocycles. The maximum atomic E-state index is 13.3. The molecule has 1 saturated heterocycles. The minimum atomic E-state index is -0.225. The van der Waals surface area contributed by atoms with Crippen LogP contribution in [-0.2, 0) is 0 Å². The van der Waals surface area contributed by atoms with Crippen LogP contribution >= 0.6 is 0 Å². The van der Waals surface area contributed by atoms with E-state index in [0.717, 1.165) is 47.5 Å². The average Bonchev–Trinajstić information content (AvgIpc) is 2.62. The number of nitrogens with zero attached hydrogens (tertiary/aromatic N) is 2. The van der Waals surface area contributed by atoms with Gasteiger partial charge in [0, 0.05) is 36.6 Å². The van der Waals surface area contributed by atoms with Crippen LogP contribution in [0.1, 0.15) is 6.92 Å². The molecule has 1 aromatic heterocycles. The highest BCUT2D eigenvalue weighted by Gasteiger charge is 2.22. The Hall–Kier alpha value is -2.46. The number of anilines is 1. The number of halogens is 1. The second kappa shape index (κ2) is 6.21. The Bertz CT molecular complexity index is 860. The molecule has 0 amide bonds. The van der Waals surface area contributed by atoms with Crippen LogP contribution in [0.15, 0.2) is 54.6 Å². The molecule has 0 radical (unpaired) electrons. The first-order valence-corrected chi connectivity index (χ1v) is 8.35. The van der Waals surface area contributed by atoms with Crippen molar-refractivity contribution in [1.29, 1.82) is 0 Å². The molecule has 1 fully saturated rings. The van der Waals surface area contributed by atoms with Gasteiger partial charge in [0.15, 0.2) is 0 Å². The third-order valence-electron chi connectivity index (χ3n) is 4.63. The quantitative estimate of drug-likeness (QED) is 0.777. The Balaban J connectivity index is 1.91. The fraction of sp³-hybridized carbons (Fsp3) is 0.250. The zero-order chi connectivity index (χ0) is 16.5. The Kier molecular flexibility index (Phi) is 3.90. The van der Waals surface area contributed by atoms with Crippen molar-refractivity contribution in [2.75, 3.05) is 24.5 Å². The number of benzene rings is 2. The van der Waals surface area contributed by atoms with E-state index in [1.165, 1.54) is 12.1 Å². The van der Waals surface area contributed by atoms with E-state index in [4.69, 9.17) is 4.98 Å². The van der Waals surface area contributed by atoms with Crippen LogP contribution in [0.4, 0.5) is 10.1 Å². The van der Waals surface area contributed by atoms with E-state index < -0.39 is 0 Å². The van der Waals surface area contributed by atoms with Crippen molar-refractivity contribution in [3.63, 3.8) is 0 Å². The van der Waals surface area contributed by atoms with Crippen molar-refractivity contribution in [3.05, 3.63) is 60.4 Å². The number of hydrogen-bond donors (Lipinski definition) is 1. The minimum absolute atomic E-state index is 0.225. The third kappa shape index (κ3) is 2.74. The number of pyridine rings is 1. The van der Waals surface area contributed by atoms with Crippen LogP contribution in [-0.4, -0.2) is 30.7 Å². The number of aromatic nitrogens is 1. The molecule has 4 heteroatoms. The van der Waals surface area contributed by atoms with Crippen LogP contribution in [0.5, 0.6) is 0 Å². The van der Waals surface area contributed by atoms with Crippen LogP contribution in [0.2, 0.25) is 0 Å². The molecule has 3 aromatic rings. The van der Waals surface area contributed by atoms with Gasteiger partial charge in [0.25, 0.3) is 0 Å². The molecule has 0 saturated carbocycles. The molecule has 1 unspecified atom stereocenters. The summed E-state index contributed by atoms with van der Waals surface area (Å²) in [5, 5.41) is 4.56. The highest BCUT2D eigenvalue weighted by atomic mass is 19.1. The second-order valence-electron chi connectivity index (χ2n) is 6.30. The van der Waals surface area contributed by atoms with Gasteiger partial charge in [0.05, 0.1) is 16.9 Å². The molecular weight excluding hydrogens is 301 g/mol. The van der Waals surface area contributed by atoms with E-state index in [1.54, 1.807) is 0 Å². The third-order valence-corrected chi connectivity index (χ3v) is 4.63. The minimum Gasteiger partial charge on any atom is -0.364 e. The van der Waals surface area contributed by atoms with Crippen LogP contribution in [0.25, 0.3) is 22.2 Å². The zero-order valence-corrected chi connectivity index (χ0v) is 13.7. The molecule has 1 atom stereocenters. The predicted octanol–water partition coefficient (Wildman–Crippen LogP) is 3.84. The number of piperazine rings is 1. The maximum Gasteiger partial charge on any atom is 0.123 e. The van der Waals surface area contributed by atoms with Crippen molar-refractivity contribution < 1.29 is 4.39 Å². The molecule has 0 aliphatic carbocycles. The van der Waals surface area contributed by atoms with Crippen LogP contribution < -0.4 is 10.2 Å². The first-order chi connectivity index (χ1) is 11.7. The summed E-state index contributed by atoms with van der Waals surface area (Å²) < 4.78 is 13.3. The Morgan fingerprint density at radius 2 is 1.92 bits per heavy atom. The standard InChI is InChI=1S/C20H20FN3/c1-14-13-22-10-11-24(14)19-12-16-4-2-3-5-18(16)23-20(19)15-6-8-17(21)9-7-15/h2-9,12,14,22H,10-11,13H2,1H3. The lowest BCUT2D eigenvalue weighted by Crippen LogP contribution is -2.50. The van der Waals surface area contributed by atoms with Gasteiger partial charge in [-0.1, -0.05) is 18.2 Å². The second-order valence-corrected chi connectivity index (χ2v) is 6.30. The summed E-state index contributed by atoms with van der Waals surface area (Å²) in [4.78, 5) is 7.30. The zero-order valence-electron chi connectivity index (χ0n) is 13.7. The highest BCUT2D eigenvalue weighted by Crippen LogP contribution is 2.33. The summed E-state index contributed by atoms with van der Waals surface area (Å²) in [6.07, 6.45) is 0. The Morgan fingerprint density at radius 3 is 2.71 bits per heavy atom. The normalized spacial score (nSPS) is 18.1. The Morgan fingerprint density at radius 1 is 1.12 bits per heavy atom. The van der Waals surface area contributed by atoms with E-state index in [1.807, 2.05) is 30.3 Å². The molecule has 0 spiro atoms. The molecule has 3 nitrogen and oxygen atoms in total. The summed E-state index contributed by atoms with van der Waals surface area (Å²) in [6.45, 7) is 5.07. The topological polar surface area (TPSA) is 28.2 Å². The summed E-state index contributed by atoms with van der Waals surface area (Å²) >= 11 is 0. The fourth-order valence-corrected chi connectivity index (χ4v) is 3.34. The number of hydrogen-bond acceptors (Lipinski definition) is 3. The summed E-state index contributed by atoms with van der Waals surface area (Å²) in [6, 6.07) is 17.4. The fourth-order valence-electron chi connectivity index (χ4n) is 3.34. The maximum absolute atomic E-state index is 13.3. The van der Waals surface area contributed by atoms with Gasteiger partial charge in [-0.25, -0.2) is 9.37 Å². The lowest BCUT2D eigenvalue weighted by molar-refractivity contribution is 0.501. The van der Waals surface area contributed by atoms with Crippen molar-refractivity contribution >= 4 is 16.6 Å². The number of para-hydroxylation sites is 1. The monoisotopic (exact) mass is 321 g/mol. The summed E-state index contributed by atoms with van der Waals surface area (Å²) in [5.74, 6) is -0.225. The van der Waals surface area contributed by atoms with E-state index in [-0.39, 0.29) is 5.82 Å². The molecule has 1 aliphatic heterocycles. The first-order valence-electron chi connectivity index (χ1n) is 8.35. The molecule has 4 rings (SSSR count). The van der Waals surface area contributed by atoms with Crippen molar-refractivity contribution in [2.24, 2.45) is 0 Å².